The van der Waals surface area contributed by atoms with Crippen LogP contribution in [-0.4, -0.2) is 23.0 Å². The van der Waals surface area contributed by atoms with Crippen LogP contribution in [0.1, 0.15) is 24.6 Å². The highest BCUT2D eigenvalue weighted by atomic mass is 16.5. The number of hydrogen-bond acceptors (Lipinski definition) is 3. The number of aryl methyl sites for hydroxylation is 2. The van der Waals surface area contributed by atoms with E-state index >= 15 is 0 Å². The maximum atomic E-state index is 5.34. The van der Waals surface area contributed by atoms with Gasteiger partial charge in [0.15, 0.2) is 0 Å². The first-order chi connectivity index (χ1) is 11.1. The van der Waals surface area contributed by atoms with E-state index in [-0.39, 0.29) is 0 Å². The fourth-order valence-electron chi connectivity index (χ4n) is 2.84. The number of nitrogens with one attached hydrogen (secondary N) is 1. The molecule has 0 aliphatic carbocycles. The van der Waals surface area contributed by atoms with E-state index < -0.39 is 0 Å². The lowest BCUT2D eigenvalue weighted by Gasteiger charge is -2.07. The molecule has 0 bridgehead atoms. The van der Waals surface area contributed by atoms with E-state index in [2.05, 4.69) is 61.0 Å². The van der Waals surface area contributed by atoms with E-state index in [0.717, 1.165) is 52.6 Å². The molecule has 0 amide bonds. The average Bonchev–Trinajstić information content (AvgIpc) is 2.89. The van der Waals surface area contributed by atoms with Crippen molar-refractivity contribution in [1.82, 2.24) is 9.38 Å². The molecule has 0 saturated heterocycles. The number of imidazole rings is 1. The summed E-state index contributed by atoms with van der Waals surface area (Å²) in [7, 11) is 1.70. The van der Waals surface area contributed by atoms with Gasteiger partial charge in [-0.15, -0.1) is 0 Å². The summed E-state index contributed by atoms with van der Waals surface area (Å²) in [5.41, 5.74) is 6.48. The Bertz CT molecular complexity index is 836. The highest BCUT2D eigenvalue weighted by Crippen LogP contribution is 2.29. The molecule has 0 spiro atoms. The maximum Gasteiger partial charge on any atom is 0.137 e. The Morgan fingerprint density at radius 1 is 1.17 bits per heavy atom. The predicted octanol–water partition coefficient (Wildman–Crippen LogP) is 4.45. The van der Waals surface area contributed by atoms with Gasteiger partial charge >= 0.3 is 0 Å². The fraction of sp³-hybridized carbons (Fsp3) is 0.316. The third kappa shape index (κ3) is 2.89. The summed E-state index contributed by atoms with van der Waals surface area (Å²) in [4.78, 5) is 4.79. The van der Waals surface area contributed by atoms with E-state index in [4.69, 9.17) is 9.72 Å². The number of pyridine rings is 1. The van der Waals surface area contributed by atoms with Crippen LogP contribution >= 0.6 is 0 Å². The minimum absolute atomic E-state index is 0.904. The van der Waals surface area contributed by atoms with Crippen LogP contribution in [0.4, 0.5) is 5.69 Å². The van der Waals surface area contributed by atoms with Gasteiger partial charge in [-0.2, -0.15) is 0 Å². The molecular weight excluding hydrogens is 286 g/mol. The lowest BCUT2D eigenvalue weighted by atomic mass is 10.1. The van der Waals surface area contributed by atoms with Gasteiger partial charge in [0.2, 0.25) is 0 Å². The number of fused-ring (bicyclic) bond motifs is 1. The summed E-state index contributed by atoms with van der Waals surface area (Å²) < 4.78 is 7.49. The molecule has 0 unspecified atom stereocenters. The molecule has 3 aromatic rings. The normalized spacial score (nSPS) is 11.0. The quantitative estimate of drug-likeness (QED) is 0.757. The van der Waals surface area contributed by atoms with Crippen LogP contribution in [0.15, 0.2) is 36.5 Å². The second-order valence-electron chi connectivity index (χ2n) is 5.80. The molecule has 2 heterocycles. The fourth-order valence-corrected chi connectivity index (χ4v) is 2.84. The van der Waals surface area contributed by atoms with Crippen LogP contribution in [0.2, 0.25) is 0 Å². The molecule has 120 valence electrons. The lowest BCUT2D eigenvalue weighted by molar-refractivity contribution is 0.412. The Morgan fingerprint density at radius 3 is 2.70 bits per heavy atom. The molecule has 1 aromatic carbocycles. The maximum absolute atomic E-state index is 5.34. The van der Waals surface area contributed by atoms with Gasteiger partial charge in [0.25, 0.3) is 0 Å². The number of benzene rings is 1. The first-order valence-corrected chi connectivity index (χ1v) is 8.01. The van der Waals surface area contributed by atoms with Crippen molar-refractivity contribution in [2.75, 3.05) is 19.0 Å². The van der Waals surface area contributed by atoms with Crippen LogP contribution in [0.25, 0.3) is 16.9 Å². The van der Waals surface area contributed by atoms with Crippen LogP contribution in [0, 0.1) is 13.8 Å². The number of anilines is 1. The summed E-state index contributed by atoms with van der Waals surface area (Å²) >= 11 is 0. The molecule has 0 aliphatic rings. The zero-order chi connectivity index (χ0) is 16.4. The monoisotopic (exact) mass is 309 g/mol. The Morgan fingerprint density at radius 2 is 2.00 bits per heavy atom. The SMILES string of the molecule is CCCNc1ccc2nc(-c3ccc(OC)c(C)c3)c(C)n2c1. The predicted molar refractivity (Wildman–Crippen MR) is 95.4 cm³/mol. The van der Waals surface area contributed by atoms with E-state index in [9.17, 15) is 0 Å². The summed E-state index contributed by atoms with van der Waals surface area (Å²) in [5.74, 6) is 0.904. The molecule has 4 heteroatoms. The summed E-state index contributed by atoms with van der Waals surface area (Å²) in [6.45, 7) is 7.31. The van der Waals surface area contributed by atoms with Crippen LogP contribution < -0.4 is 10.1 Å². The molecule has 0 atom stereocenters. The topological polar surface area (TPSA) is 38.6 Å². The first-order valence-electron chi connectivity index (χ1n) is 8.01. The van der Waals surface area contributed by atoms with Crippen LogP contribution in [-0.2, 0) is 0 Å². The zero-order valence-corrected chi connectivity index (χ0v) is 14.2. The summed E-state index contributed by atoms with van der Waals surface area (Å²) in [5, 5.41) is 3.42. The van der Waals surface area contributed by atoms with Gasteiger partial charge in [-0.3, -0.25) is 0 Å². The van der Waals surface area contributed by atoms with Gasteiger partial charge in [0, 0.05) is 24.0 Å². The Hall–Kier alpha value is -2.49. The number of nitrogens with zero attached hydrogens (tertiary/aromatic N) is 2. The highest BCUT2D eigenvalue weighted by molar-refractivity contribution is 5.69. The third-order valence-electron chi connectivity index (χ3n) is 4.10. The molecule has 0 fully saturated rings. The largest absolute Gasteiger partial charge is 0.496 e. The van der Waals surface area contributed by atoms with Crippen LogP contribution in [0.5, 0.6) is 5.75 Å². The molecule has 1 N–H and O–H groups in total. The highest BCUT2D eigenvalue weighted by Gasteiger charge is 2.12. The van der Waals surface area contributed by atoms with Crippen molar-refractivity contribution in [2.24, 2.45) is 0 Å². The standard InChI is InChI=1S/C19H23N3O/c1-5-10-20-16-7-9-18-21-19(14(3)22(18)12-16)15-6-8-17(23-4)13(2)11-15/h6-9,11-12,20H,5,10H2,1-4H3. The van der Waals surface area contributed by atoms with Crippen molar-refractivity contribution < 1.29 is 4.74 Å². The van der Waals surface area contributed by atoms with Gasteiger partial charge in [0.1, 0.15) is 11.4 Å². The summed E-state index contributed by atoms with van der Waals surface area (Å²) in [6, 6.07) is 10.3. The van der Waals surface area contributed by atoms with Crippen molar-refractivity contribution >= 4 is 11.3 Å². The van der Waals surface area contributed by atoms with Gasteiger partial charge < -0.3 is 14.5 Å². The number of hydrogen-bond donors (Lipinski definition) is 1. The molecule has 0 aliphatic heterocycles. The molecule has 0 saturated carbocycles. The second kappa shape index (κ2) is 6.32. The zero-order valence-electron chi connectivity index (χ0n) is 14.2. The molecule has 0 radical (unpaired) electrons. The van der Waals surface area contributed by atoms with Gasteiger partial charge in [-0.25, -0.2) is 4.98 Å². The molecule has 2 aromatic heterocycles. The van der Waals surface area contributed by atoms with Crippen LogP contribution in [0.3, 0.4) is 0 Å². The Labute approximate surface area is 137 Å². The Kier molecular flexibility index (Phi) is 4.24. The van der Waals surface area contributed by atoms with Crippen molar-refractivity contribution in [3.8, 4) is 17.0 Å². The number of ether oxygens (including phenoxy) is 1. The smallest absolute Gasteiger partial charge is 0.137 e. The number of rotatable bonds is 5. The average molecular weight is 309 g/mol. The Balaban J connectivity index is 2.04. The molecule has 23 heavy (non-hydrogen) atoms. The van der Waals surface area contributed by atoms with Gasteiger partial charge in [0.05, 0.1) is 18.5 Å². The summed E-state index contributed by atoms with van der Waals surface area (Å²) in [6.07, 6.45) is 3.23. The first kappa shape index (κ1) is 15.4. The van der Waals surface area contributed by atoms with Crippen molar-refractivity contribution in [2.45, 2.75) is 27.2 Å². The minimum atomic E-state index is 0.904. The lowest BCUT2D eigenvalue weighted by Crippen LogP contribution is -2.01. The molecule has 4 nitrogen and oxygen atoms in total. The van der Waals surface area contributed by atoms with E-state index in [0.29, 0.717) is 0 Å². The minimum Gasteiger partial charge on any atom is -0.496 e. The van der Waals surface area contributed by atoms with E-state index in [1.54, 1.807) is 7.11 Å². The van der Waals surface area contributed by atoms with E-state index in [1.807, 2.05) is 6.07 Å². The third-order valence-corrected chi connectivity index (χ3v) is 4.10. The van der Waals surface area contributed by atoms with Crippen molar-refractivity contribution in [1.29, 1.82) is 0 Å². The number of aromatic nitrogens is 2. The molecule has 3 rings (SSSR count). The van der Waals surface area contributed by atoms with Gasteiger partial charge in [-0.05, 0) is 56.2 Å². The molecular formula is C19H23N3O. The second-order valence-corrected chi connectivity index (χ2v) is 5.80. The van der Waals surface area contributed by atoms with Crippen molar-refractivity contribution in [3.63, 3.8) is 0 Å². The van der Waals surface area contributed by atoms with E-state index in [1.165, 1.54) is 0 Å². The van der Waals surface area contributed by atoms with Gasteiger partial charge in [-0.1, -0.05) is 6.92 Å². The van der Waals surface area contributed by atoms with Crippen molar-refractivity contribution in [3.05, 3.63) is 47.8 Å². The number of methoxy groups -OCH3 is 1.